The third kappa shape index (κ3) is 36.9. The Morgan fingerprint density at radius 1 is 0.455 bits per heavy atom. The zero-order chi connectivity index (χ0) is 32.4. The summed E-state index contributed by atoms with van der Waals surface area (Å²) >= 11 is 0. The normalized spacial score (nSPS) is 11.7. The van der Waals surface area contributed by atoms with Crippen LogP contribution in [0.1, 0.15) is 214 Å². The highest BCUT2D eigenvalue weighted by molar-refractivity contribution is 5.70. The van der Waals surface area contributed by atoms with Gasteiger partial charge in [0.15, 0.2) is 0 Å². The Morgan fingerprint density at radius 2 is 0.773 bits per heavy atom. The van der Waals surface area contributed by atoms with E-state index in [0.29, 0.717) is 25.9 Å². The number of carbonyl (C=O) groups is 2. The van der Waals surface area contributed by atoms with Crippen molar-refractivity contribution in [2.24, 2.45) is 11.8 Å². The molecule has 0 N–H and O–H groups in total. The molecular formula is C40H76O4. The molecule has 4 heteroatoms. The van der Waals surface area contributed by atoms with Gasteiger partial charge in [0.1, 0.15) is 0 Å². The molecule has 44 heavy (non-hydrogen) atoms. The second-order valence-corrected chi connectivity index (χ2v) is 14.2. The fourth-order valence-electron chi connectivity index (χ4n) is 5.74. The molecular weight excluding hydrogens is 544 g/mol. The molecule has 0 spiro atoms. The Kier molecular flexibility index (Phi) is 33.5. The lowest BCUT2D eigenvalue weighted by Crippen LogP contribution is -2.05. The third-order valence-corrected chi connectivity index (χ3v) is 8.67. The Morgan fingerprint density at radius 3 is 1.14 bits per heavy atom. The van der Waals surface area contributed by atoms with Gasteiger partial charge in [-0.3, -0.25) is 9.59 Å². The van der Waals surface area contributed by atoms with Gasteiger partial charge in [-0.1, -0.05) is 182 Å². The first-order chi connectivity index (χ1) is 21.4. The van der Waals surface area contributed by atoms with E-state index < -0.39 is 0 Å². The molecule has 0 unspecified atom stereocenters. The van der Waals surface area contributed by atoms with Crippen LogP contribution in [0.2, 0.25) is 0 Å². The topological polar surface area (TPSA) is 52.6 Å². The van der Waals surface area contributed by atoms with Crippen LogP contribution in [0.3, 0.4) is 0 Å². The standard InChI is InChI=1S/C40H76O4/c1-37(2)31-25-21-17-13-9-5-7-11-15-19-23-27-33-39(41)43-35-29-30-36-44-40(42)34-28-24-20-16-12-8-6-10-14-18-22-26-32-38(3)4/h29,35,37-38H,5-28,30-34,36H2,1-4H3. The number of unbranched alkanes of at least 4 members (excludes halogenated alkanes) is 22. The molecule has 4 nitrogen and oxygen atoms in total. The summed E-state index contributed by atoms with van der Waals surface area (Å²) in [4.78, 5) is 23.8. The van der Waals surface area contributed by atoms with Crippen LogP contribution < -0.4 is 0 Å². The van der Waals surface area contributed by atoms with Crippen LogP contribution in [-0.2, 0) is 19.1 Å². The van der Waals surface area contributed by atoms with Crippen molar-refractivity contribution in [1.82, 2.24) is 0 Å². The van der Waals surface area contributed by atoms with Crippen molar-refractivity contribution >= 4 is 11.9 Å². The summed E-state index contributed by atoms with van der Waals surface area (Å²) in [5.41, 5.74) is 0. The summed E-state index contributed by atoms with van der Waals surface area (Å²) in [6, 6.07) is 0. The summed E-state index contributed by atoms with van der Waals surface area (Å²) in [6.07, 6.45) is 38.7. The zero-order valence-electron chi connectivity index (χ0n) is 30.2. The summed E-state index contributed by atoms with van der Waals surface area (Å²) in [5, 5.41) is 0. The van der Waals surface area contributed by atoms with Crippen molar-refractivity contribution in [3.05, 3.63) is 12.3 Å². The second-order valence-electron chi connectivity index (χ2n) is 14.2. The first-order valence-corrected chi connectivity index (χ1v) is 19.4. The average Bonchev–Trinajstić information content (AvgIpc) is 2.98. The van der Waals surface area contributed by atoms with E-state index in [0.717, 1.165) is 37.5 Å². The first kappa shape index (κ1) is 42.7. The number of rotatable bonds is 34. The zero-order valence-corrected chi connectivity index (χ0v) is 30.2. The molecule has 0 aliphatic carbocycles. The lowest BCUT2D eigenvalue weighted by Gasteiger charge is -2.05. The van der Waals surface area contributed by atoms with Crippen molar-refractivity contribution in [3.8, 4) is 0 Å². The highest BCUT2D eigenvalue weighted by Gasteiger charge is 2.03. The van der Waals surface area contributed by atoms with E-state index in [4.69, 9.17) is 9.47 Å². The van der Waals surface area contributed by atoms with Crippen LogP contribution >= 0.6 is 0 Å². The van der Waals surface area contributed by atoms with Gasteiger partial charge >= 0.3 is 11.9 Å². The molecule has 0 radical (unpaired) electrons. The lowest BCUT2D eigenvalue weighted by molar-refractivity contribution is -0.143. The summed E-state index contributed by atoms with van der Waals surface area (Å²) in [5.74, 6) is 1.42. The van der Waals surface area contributed by atoms with Gasteiger partial charge < -0.3 is 9.47 Å². The fourth-order valence-corrected chi connectivity index (χ4v) is 5.74. The number of hydrogen-bond acceptors (Lipinski definition) is 4. The predicted octanol–water partition coefficient (Wildman–Crippen LogP) is 13.2. The van der Waals surface area contributed by atoms with Gasteiger partial charge in [0, 0.05) is 19.3 Å². The highest BCUT2D eigenvalue weighted by atomic mass is 16.5. The van der Waals surface area contributed by atoms with Crippen LogP contribution in [0.15, 0.2) is 12.3 Å². The molecule has 0 saturated heterocycles. The minimum absolute atomic E-state index is 0.115. The molecule has 0 bridgehead atoms. The monoisotopic (exact) mass is 621 g/mol. The fraction of sp³-hybridized carbons (Fsp3) is 0.900. The maximum Gasteiger partial charge on any atom is 0.310 e. The molecule has 0 saturated carbocycles. The third-order valence-electron chi connectivity index (χ3n) is 8.67. The van der Waals surface area contributed by atoms with Gasteiger partial charge in [0.2, 0.25) is 0 Å². The van der Waals surface area contributed by atoms with E-state index in [1.807, 2.05) is 0 Å². The summed E-state index contributed by atoms with van der Waals surface area (Å²) in [7, 11) is 0. The van der Waals surface area contributed by atoms with Crippen LogP contribution in [0.25, 0.3) is 0 Å². The predicted molar refractivity (Wildman–Crippen MR) is 190 cm³/mol. The number of ether oxygens (including phenoxy) is 2. The molecule has 0 atom stereocenters. The summed E-state index contributed by atoms with van der Waals surface area (Å²) in [6.45, 7) is 9.61. The SMILES string of the molecule is CC(C)CCCCCCCCCCCCCCC(=O)OC=CCCOC(=O)CCCCCCCCCCCCCCC(C)C. The molecule has 0 fully saturated rings. The van der Waals surface area contributed by atoms with Crippen LogP contribution in [0, 0.1) is 11.8 Å². The Balaban J connectivity index is 3.33. The van der Waals surface area contributed by atoms with Crippen molar-refractivity contribution in [2.45, 2.75) is 214 Å². The average molecular weight is 621 g/mol. The van der Waals surface area contributed by atoms with Gasteiger partial charge in [0.05, 0.1) is 12.9 Å². The highest BCUT2D eigenvalue weighted by Crippen LogP contribution is 2.16. The minimum Gasteiger partial charge on any atom is -0.465 e. The largest absolute Gasteiger partial charge is 0.465 e. The molecule has 0 aliphatic rings. The van der Waals surface area contributed by atoms with Gasteiger partial charge in [-0.25, -0.2) is 0 Å². The molecule has 0 amide bonds. The van der Waals surface area contributed by atoms with Gasteiger partial charge in [-0.15, -0.1) is 0 Å². The van der Waals surface area contributed by atoms with Crippen molar-refractivity contribution in [3.63, 3.8) is 0 Å². The first-order valence-electron chi connectivity index (χ1n) is 19.4. The van der Waals surface area contributed by atoms with E-state index in [1.54, 1.807) is 6.08 Å². The smallest absolute Gasteiger partial charge is 0.310 e. The minimum atomic E-state index is -0.167. The van der Waals surface area contributed by atoms with Gasteiger partial charge in [-0.05, 0) is 30.8 Å². The van der Waals surface area contributed by atoms with Gasteiger partial charge in [0.25, 0.3) is 0 Å². The molecule has 0 heterocycles. The van der Waals surface area contributed by atoms with E-state index in [-0.39, 0.29) is 11.9 Å². The molecule has 0 aliphatic heterocycles. The maximum atomic E-state index is 11.9. The Labute approximate surface area is 275 Å². The Hall–Kier alpha value is -1.32. The van der Waals surface area contributed by atoms with Crippen molar-refractivity contribution in [2.75, 3.05) is 6.61 Å². The number of hydrogen-bond donors (Lipinski definition) is 0. The van der Waals surface area contributed by atoms with Crippen LogP contribution in [-0.4, -0.2) is 18.5 Å². The lowest BCUT2D eigenvalue weighted by atomic mass is 10.0. The quantitative estimate of drug-likeness (QED) is 0.0408. The number of esters is 2. The van der Waals surface area contributed by atoms with E-state index in [9.17, 15) is 9.59 Å². The molecule has 0 aromatic carbocycles. The Bertz CT molecular complexity index is 639. The van der Waals surface area contributed by atoms with E-state index in [2.05, 4.69) is 27.7 Å². The van der Waals surface area contributed by atoms with Gasteiger partial charge in [-0.2, -0.15) is 0 Å². The maximum absolute atomic E-state index is 11.9. The number of carbonyl (C=O) groups excluding carboxylic acids is 2. The second kappa shape index (κ2) is 34.6. The van der Waals surface area contributed by atoms with Crippen LogP contribution in [0.5, 0.6) is 0 Å². The molecule has 260 valence electrons. The van der Waals surface area contributed by atoms with E-state index in [1.165, 1.54) is 148 Å². The summed E-state index contributed by atoms with van der Waals surface area (Å²) < 4.78 is 10.5. The molecule has 0 aromatic heterocycles. The van der Waals surface area contributed by atoms with E-state index >= 15 is 0 Å². The van der Waals surface area contributed by atoms with Crippen LogP contribution in [0.4, 0.5) is 0 Å². The molecule has 0 aromatic rings. The van der Waals surface area contributed by atoms with Crippen molar-refractivity contribution in [1.29, 1.82) is 0 Å². The molecule has 0 rings (SSSR count). The van der Waals surface area contributed by atoms with Crippen molar-refractivity contribution < 1.29 is 19.1 Å².